The molecule has 7 nitrogen and oxygen atoms in total. The van der Waals surface area contributed by atoms with Gasteiger partial charge in [-0.3, -0.25) is 19.7 Å². The van der Waals surface area contributed by atoms with Gasteiger partial charge in [-0.2, -0.15) is 0 Å². The highest BCUT2D eigenvalue weighted by Crippen LogP contribution is 2.39. The molecule has 0 bridgehead atoms. The number of nitrogens with zero attached hydrogens (tertiary/aromatic N) is 1. The van der Waals surface area contributed by atoms with Crippen molar-refractivity contribution in [2.24, 2.45) is 0 Å². The van der Waals surface area contributed by atoms with Crippen LogP contribution in [0.1, 0.15) is 12.5 Å². The number of nitro groups is 1. The molecule has 9 heteroatoms. The van der Waals surface area contributed by atoms with Crippen LogP contribution in [0.2, 0.25) is 0 Å². The third-order valence-corrected chi connectivity index (χ3v) is 4.45. The molecule has 132 valence electrons. The Morgan fingerprint density at radius 1 is 1.31 bits per heavy atom. The van der Waals surface area contributed by atoms with Gasteiger partial charge in [0.15, 0.2) is 0 Å². The number of rotatable bonds is 3. The molecule has 0 atom stereocenters. The van der Waals surface area contributed by atoms with Gasteiger partial charge in [0, 0.05) is 17.9 Å². The number of thioether (sulfide) groups is 1. The highest BCUT2D eigenvalue weighted by molar-refractivity contribution is 8.04. The van der Waals surface area contributed by atoms with Gasteiger partial charge in [-0.25, -0.2) is 4.39 Å². The normalized spacial score (nSPS) is 14.5. The van der Waals surface area contributed by atoms with E-state index >= 15 is 0 Å². The number of fused-ring (bicyclic) bond motifs is 1. The minimum absolute atomic E-state index is 0.183. The Bertz CT molecular complexity index is 974. The van der Waals surface area contributed by atoms with Crippen molar-refractivity contribution in [1.82, 2.24) is 0 Å². The van der Waals surface area contributed by atoms with E-state index in [1.54, 1.807) is 0 Å². The van der Waals surface area contributed by atoms with Crippen LogP contribution in [-0.2, 0) is 9.59 Å². The molecule has 0 spiro atoms. The number of hydrogen-bond acceptors (Lipinski definition) is 6. The molecular weight excluding hydrogens is 363 g/mol. The molecule has 0 saturated heterocycles. The second-order valence-corrected chi connectivity index (χ2v) is 6.37. The number of halogens is 1. The summed E-state index contributed by atoms with van der Waals surface area (Å²) in [6, 6.07) is 7.95. The fraction of sp³-hybridized carbons (Fsp3) is 0.0588. The van der Waals surface area contributed by atoms with Gasteiger partial charge in [0.2, 0.25) is 5.75 Å². The number of nitrogens with one attached hydrogen (secondary N) is 1. The van der Waals surface area contributed by atoms with Crippen molar-refractivity contribution in [3.8, 4) is 5.75 Å². The first-order valence-corrected chi connectivity index (χ1v) is 8.12. The van der Waals surface area contributed by atoms with E-state index < -0.39 is 28.3 Å². The molecule has 2 aromatic carbocycles. The van der Waals surface area contributed by atoms with E-state index in [2.05, 4.69) is 5.32 Å². The first kappa shape index (κ1) is 17.6. The van der Waals surface area contributed by atoms with E-state index in [1.807, 2.05) is 0 Å². The van der Waals surface area contributed by atoms with Crippen LogP contribution in [0.25, 0.3) is 6.08 Å². The lowest BCUT2D eigenvalue weighted by atomic mass is 10.1. The summed E-state index contributed by atoms with van der Waals surface area (Å²) in [4.78, 5) is 34.5. The summed E-state index contributed by atoms with van der Waals surface area (Å²) in [6.45, 7) is 1.14. The number of ether oxygens (including phenoxy) is 1. The second-order valence-electron chi connectivity index (χ2n) is 5.28. The lowest BCUT2D eigenvalue weighted by Crippen LogP contribution is -2.17. The first-order chi connectivity index (χ1) is 12.3. The van der Waals surface area contributed by atoms with E-state index in [4.69, 9.17) is 4.74 Å². The number of nitro benzene ring substituents is 1. The number of hydrogen-bond donors (Lipinski definition) is 1. The average molecular weight is 374 g/mol. The van der Waals surface area contributed by atoms with Gasteiger partial charge in [0.25, 0.3) is 5.91 Å². The Labute approximate surface area is 151 Å². The fourth-order valence-corrected chi connectivity index (χ4v) is 3.26. The van der Waals surface area contributed by atoms with Crippen LogP contribution in [0.4, 0.5) is 15.8 Å². The third-order valence-electron chi connectivity index (χ3n) is 3.37. The van der Waals surface area contributed by atoms with Gasteiger partial charge in [-0.15, -0.1) is 0 Å². The van der Waals surface area contributed by atoms with Crippen molar-refractivity contribution in [2.75, 3.05) is 5.32 Å². The van der Waals surface area contributed by atoms with Crippen LogP contribution in [0.5, 0.6) is 5.75 Å². The average Bonchev–Trinajstić information content (AvgIpc) is 2.56. The maximum absolute atomic E-state index is 13.4. The molecule has 1 N–H and O–H groups in total. The van der Waals surface area contributed by atoms with E-state index in [9.17, 15) is 24.1 Å². The van der Waals surface area contributed by atoms with Gasteiger partial charge in [0.1, 0.15) is 5.82 Å². The lowest BCUT2D eigenvalue weighted by Gasteiger charge is -2.18. The minimum Gasteiger partial charge on any atom is -0.419 e. The predicted octanol–water partition coefficient (Wildman–Crippen LogP) is 3.74. The molecule has 0 radical (unpaired) electrons. The summed E-state index contributed by atoms with van der Waals surface area (Å²) in [6.07, 6.45) is 1.44. The minimum atomic E-state index is -0.682. The Morgan fingerprint density at radius 3 is 2.77 bits per heavy atom. The van der Waals surface area contributed by atoms with Crippen molar-refractivity contribution in [1.29, 1.82) is 0 Å². The van der Waals surface area contributed by atoms with Crippen LogP contribution in [-0.4, -0.2) is 16.8 Å². The maximum atomic E-state index is 13.4. The molecule has 0 fully saturated rings. The summed E-state index contributed by atoms with van der Waals surface area (Å²) >= 11 is 1.06. The zero-order valence-electron chi connectivity index (χ0n) is 13.3. The van der Waals surface area contributed by atoms with Crippen molar-refractivity contribution >= 4 is 41.1 Å². The van der Waals surface area contributed by atoms with Gasteiger partial charge >= 0.3 is 11.7 Å². The summed E-state index contributed by atoms with van der Waals surface area (Å²) in [5, 5.41) is 13.8. The van der Waals surface area contributed by atoms with Gasteiger partial charge in [0.05, 0.1) is 15.5 Å². The number of esters is 1. The molecule has 1 heterocycles. The molecule has 26 heavy (non-hydrogen) atoms. The SMILES string of the molecule is CC(=O)Oc1ccc(/C=C2\Sc3cc(F)ccc3NC2=O)cc1[N+](=O)[O-]. The number of anilines is 1. The maximum Gasteiger partial charge on any atom is 0.312 e. The molecule has 0 unspecified atom stereocenters. The largest absolute Gasteiger partial charge is 0.419 e. The molecule has 1 aliphatic rings. The number of carbonyl (C=O) groups is 2. The quantitative estimate of drug-likeness (QED) is 0.289. The van der Waals surface area contributed by atoms with Crippen LogP contribution >= 0.6 is 11.8 Å². The molecular formula is C17H11FN2O5S. The topological polar surface area (TPSA) is 98.5 Å². The fourth-order valence-electron chi connectivity index (χ4n) is 2.29. The molecule has 0 aliphatic carbocycles. The van der Waals surface area contributed by atoms with E-state index in [-0.39, 0.29) is 10.7 Å². The summed E-state index contributed by atoms with van der Waals surface area (Å²) in [5.41, 5.74) is 0.460. The lowest BCUT2D eigenvalue weighted by molar-refractivity contribution is -0.385. The molecule has 1 aliphatic heterocycles. The number of amides is 1. The van der Waals surface area contributed by atoms with Crippen molar-refractivity contribution in [3.63, 3.8) is 0 Å². The van der Waals surface area contributed by atoms with Gasteiger partial charge in [-0.1, -0.05) is 17.8 Å². The van der Waals surface area contributed by atoms with Crippen LogP contribution in [0.15, 0.2) is 46.2 Å². The summed E-state index contributed by atoms with van der Waals surface area (Å²) in [7, 11) is 0. The van der Waals surface area contributed by atoms with E-state index in [0.29, 0.717) is 16.1 Å². The van der Waals surface area contributed by atoms with Crippen LogP contribution in [0, 0.1) is 15.9 Å². The first-order valence-electron chi connectivity index (χ1n) is 7.31. The highest BCUT2D eigenvalue weighted by Gasteiger charge is 2.22. The van der Waals surface area contributed by atoms with Gasteiger partial charge in [-0.05, 0) is 35.9 Å². The Morgan fingerprint density at radius 2 is 2.08 bits per heavy atom. The van der Waals surface area contributed by atoms with Gasteiger partial charge < -0.3 is 10.1 Å². The van der Waals surface area contributed by atoms with Crippen molar-refractivity contribution < 1.29 is 23.6 Å². The zero-order valence-corrected chi connectivity index (χ0v) is 14.1. The Hall–Kier alpha value is -3.20. The monoisotopic (exact) mass is 374 g/mol. The zero-order chi connectivity index (χ0) is 18.8. The van der Waals surface area contributed by atoms with Crippen molar-refractivity contribution in [2.45, 2.75) is 11.8 Å². The third kappa shape index (κ3) is 3.72. The highest BCUT2D eigenvalue weighted by atomic mass is 32.2. The Kier molecular flexibility index (Phi) is 4.72. The van der Waals surface area contributed by atoms with E-state index in [0.717, 1.165) is 18.7 Å². The number of carbonyl (C=O) groups excluding carboxylic acids is 2. The molecule has 0 saturated carbocycles. The second kappa shape index (κ2) is 6.96. The van der Waals surface area contributed by atoms with E-state index in [1.165, 1.54) is 42.5 Å². The van der Waals surface area contributed by atoms with Crippen molar-refractivity contribution in [3.05, 3.63) is 62.8 Å². The van der Waals surface area contributed by atoms with Crippen LogP contribution < -0.4 is 10.1 Å². The molecule has 0 aromatic heterocycles. The predicted molar refractivity (Wildman–Crippen MR) is 93.3 cm³/mol. The summed E-state index contributed by atoms with van der Waals surface area (Å²) in [5.74, 6) is -1.70. The molecule has 1 amide bonds. The molecule has 3 rings (SSSR count). The Balaban J connectivity index is 1.96. The number of benzene rings is 2. The van der Waals surface area contributed by atoms with Crippen LogP contribution in [0.3, 0.4) is 0 Å². The molecule has 2 aromatic rings. The summed E-state index contributed by atoms with van der Waals surface area (Å²) < 4.78 is 18.2. The standard InChI is InChI=1S/C17H11FN2O5S/c1-9(21)25-14-5-2-10(6-13(14)20(23)24)7-16-17(22)19-12-4-3-11(18)8-15(12)26-16/h2-8H,1H3,(H,19,22)/b16-7-. The smallest absolute Gasteiger partial charge is 0.312 e.